The zero-order valence-corrected chi connectivity index (χ0v) is 18.0. The van der Waals surface area contributed by atoms with Gasteiger partial charge in [-0.2, -0.15) is 0 Å². The smallest absolute Gasteiger partial charge is 0.412 e. The molecule has 1 amide bonds. The summed E-state index contributed by atoms with van der Waals surface area (Å²) in [7, 11) is 0. The maximum Gasteiger partial charge on any atom is 0.412 e. The molecule has 0 aliphatic carbocycles. The second-order valence-corrected chi connectivity index (χ2v) is 8.36. The maximum atomic E-state index is 12.4. The van der Waals surface area contributed by atoms with Gasteiger partial charge in [-0.3, -0.25) is 5.32 Å². The highest BCUT2D eigenvalue weighted by atomic mass is 16.5. The van der Waals surface area contributed by atoms with E-state index in [9.17, 15) is 4.79 Å². The fourth-order valence-corrected chi connectivity index (χ4v) is 5.23. The van der Waals surface area contributed by atoms with E-state index in [1.807, 2.05) is 12.1 Å². The lowest BCUT2D eigenvalue weighted by molar-refractivity contribution is 0.176. The number of benzene rings is 3. The predicted octanol–water partition coefficient (Wildman–Crippen LogP) is 5.75. The molecule has 2 aliphatic rings. The van der Waals surface area contributed by atoms with Gasteiger partial charge in [0.25, 0.3) is 0 Å². The van der Waals surface area contributed by atoms with Crippen molar-refractivity contribution in [3.8, 4) is 12.3 Å². The third kappa shape index (κ3) is 3.71. The third-order valence-electron chi connectivity index (χ3n) is 6.59. The molecule has 2 unspecified atom stereocenters. The topological polar surface area (TPSA) is 41.6 Å². The molecule has 4 nitrogen and oxygen atoms in total. The molecular formula is C28H26N2O2. The van der Waals surface area contributed by atoms with Crippen molar-refractivity contribution in [2.24, 2.45) is 0 Å². The molecule has 4 heteroatoms. The Morgan fingerprint density at radius 3 is 2.22 bits per heavy atom. The summed E-state index contributed by atoms with van der Waals surface area (Å²) in [4.78, 5) is 14.9. The molecule has 0 fully saturated rings. The van der Waals surface area contributed by atoms with Crippen molar-refractivity contribution in [1.82, 2.24) is 0 Å². The molecule has 5 rings (SSSR count). The van der Waals surface area contributed by atoms with Crippen LogP contribution >= 0.6 is 0 Å². The van der Waals surface area contributed by atoms with Crippen molar-refractivity contribution in [3.63, 3.8) is 0 Å². The molecule has 2 atom stereocenters. The van der Waals surface area contributed by atoms with E-state index >= 15 is 0 Å². The van der Waals surface area contributed by atoms with Crippen LogP contribution in [0.5, 0.6) is 0 Å². The molecule has 2 aliphatic heterocycles. The van der Waals surface area contributed by atoms with E-state index in [0.717, 1.165) is 31.6 Å². The normalized spacial score (nSPS) is 18.9. The van der Waals surface area contributed by atoms with Crippen molar-refractivity contribution in [3.05, 3.63) is 95.1 Å². The number of hydrogen-bond donors (Lipinski definition) is 1. The molecule has 3 aromatic rings. The van der Waals surface area contributed by atoms with Crippen molar-refractivity contribution in [1.29, 1.82) is 0 Å². The first-order valence-electron chi connectivity index (χ1n) is 11.1. The van der Waals surface area contributed by atoms with Crippen LogP contribution in [-0.4, -0.2) is 25.8 Å². The van der Waals surface area contributed by atoms with Crippen LogP contribution in [0.3, 0.4) is 0 Å². The first kappa shape index (κ1) is 20.2. The van der Waals surface area contributed by atoms with Gasteiger partial charge < -0.3 is 9.64 Å². The van der Waals surface area contributed by atoms with Gasteiger partial charge in [0, 0.05) is 41.9 Å². The van der Waals surface area contributed by atoms with Crippen LogP contribution in [-0.2, 0) is 4.74 Å². The minimum atomic E-state index is -0.515. The lowest BCUT2D eigenvalue weighted by atomic mass is 9.76. The molecule has 0 saturated carbocycles. The van der Waals surface area contributed by atoms with Gasteiger partial charge in [-0.15, -0.1) is 6.42 Å². The molecule has 3 aromatic carbocycles. The fourth-order valence-electron chi connectivity index (χ4n) is 5.23. The molecule has 0 spiro atoms. The average Bonchev–Trinajstić information content (AvgIpc) is 2.85. The van der Waals surface area contributed by atoms with E-state index in [4.69, 9.17) is 11.2 Å². The summed E-state index contributed by atoms with van der Waals surface area (Å²) in [6.45, 7) is 1.97. The Bertz CT molecular complexity index is 1150. The molecule has 2 heterocycles. The highest BCUT2D eigenvalue weighted by molar-refractivity contribution is 5.89. The molecule has 0 bridgehead atoms. The number of terminal acetylenes is 1. The molecular weight excluding hydrogens is 396 g/mol. The van der Waals surface area contributed by atoms with Gasteiger partial charge in [0.2, 0.25) is 0 Å². The SMILES string of the molecule is C#CCOC(=O)Nc1ccc2c3c1C(c1ccccc1)CCN3CCC2c1ccccc1. The van der Waals surface area contributed by atoms with Crippen molar-refractivity contribution < 1.29 is 9.53 Å². The Morgan fingerprint density at radius 2 is 1.56 bits per heavy atom. The van der Waals surface area contributed by atoms with Gasteiger partial charge in [-0.05, 0) is 35.6 Å². The Kier molecular flexibility index (Phi) is 5.56. The number of carbonyl (C=O) groups is 1. The number of rotatable bonds is 4. The highest BCUT2D eigenvalue weighted by Gasteiger charge is 2.36. The number of ether oxygens (including phenoxy) is 1. The quantitative estimate of drug-likeness (QED) is 0.545. The first-order valence-corrected chi connectivity index (χ1v) is 11.1. The van der Waals surface area contributed by atoms with Crippen LogP contribution in [0.2, 0.25) is 0 Å². The lowest BCUT2D eigenvalue weighted by Crippen LogP contribution is -2.38. The van der Waals surface area contributed by atoms with Crippen LogP contribution in [0.1, 0.15) is 46.9 Å². The Hall–Kier alpha value is -3.71. The molecule has 0 radical (unpaired) electrons. The molecule has 0 saturated heterocycles. The summed E-state index contributed by atoms with van der Waals surface area (Å²) in [5.74, 6) is 2.90. The zero-order valence-electron chi connectivity index (χ0n) is 18.0. The lowest BCUT2D eigenvalue weighted by Gasteiger charge is -2.43. The summed E-state index contributed by atoms with van der Waals surface area (Å²) >= 11 is 0. The van der Waals surface area contributed by atoms with E-state index in [0.29, 0.717) is 5.92 Å². The van der Waals surface area contributed by atoms with Crippen LogP contribution in [0, 0.1) is 12.3 Å². The van der Waals surface area contributed by atoms with Crippen LogP contribution < -0.4 is 10.2 Å². The number of amides is 1. The standard InChI is InChI=1S/C28H26N2O2/c1-2-19-32-28(31)29-25-14-13-24-22(20-9-5-3-6-10-20)15-17-30-18-16-23(26(25)27(24)30)21-11-7-4-8-12-21/h1,3-14,22-23H,15-19H2,(H,29,31). The van der Waals surface area contributed by atoms with E-state index in [-0.39, 0.29) is 12.5 Å². The number of hydrogen-bond acceptors (Lipinski definition) is 3. The van der Waals surface area contributed by atoms with Gasteiger partial charge in [-0.25, -0.2) is 4.79 Å². The van der Waals surface area contributed by atoms with E-state index in [1.165, 1.54) is 27.9 Å². The summed E-state index contributed by atoms with van der Waals surface area (Å²) in [6, 6.07) is 25.5. The fraction of sp³-hybridized carbons (Fsp3) is 0.250. The van der Waals surface area contributed by atoms with E-state index in [1.54, 1.807) is 0 Å². The van der Waals surface area contributed by atoms with Crippen molar-refractivity contribution in [2.45, 2.75) is 24.7 Å². The Labute approximate surface area is 189 Å². The van der Waals surface area contributed by atoms with Crippen molar-refractivity contribution >= 4 is 17.5 Å². The number of carbonyl (C=O) groups excluding carboxylic acids is 1. The first-order chi connectivity index (χ1) is 15.8. The summed E-state index contributed by atoms with van der Waals surface area (Å²) in [6.07, 6.45) is 6.83. The van der Waals surface area contributed by atoms with Crippen LogP contribution in [0.15, 0.2) is 72.8 Å². The molecule has 160 valence electrons. The van der Waals surface area contributed by atoms with Crippen LogP contribution in [0.4, 0.5) is 16.2 Å². The minimum Gasteiger partial charge on any atom is -0.436 e. The van der Waals surface area contributed by atoms with Gasteiger partial charge in [0.1, 0.15) is 0 Å². The summed E-state index contributed by atoms with van der Waals surface area (Å²) < 4.78 is 5.12. The molecule has 1 N–H and O–H groups in total. The summed E-state index contributed by atoms with van der Waals surface area (Å²) in [5.41, 5.74) is 7.18. The second kappa shape index (κ2) is 8.80. The zero-order chi connectivity index (χ0) is 21.9. The number of nitrogens with one attached hydrogen (secondary N) is 1. The van der Waals surface area contributed by atoms with Gasteiger partial charge in [0.15, 0.2) is 6.61 Å². The maximum absolute atomic E-state index is 12.4. The monoisotopic (exact) mass is 422 g/mol. The van der Waals surface area contributed by atoms with E-state index in [2.05, 4.69) is 76.8 Å². The van der Waals surface area contributed by atoms with Gasteiger partial charge in [0.05, 0.1) is 0 Å². The molecule has 32 heavy (non-hydrogen) atoms. The minimum absolute atomic E-state index is 0.0452. The third-order valence-corrected chi connectivity index (χ3v) is 6.59. The predicted molar refractivity (Wildman–Crippen MR) is 128 cm³/mol. The average molecular weight is 423 g/mol. The van der Waals surface area contributed by atoms with Crippen molar-refractivity contribution in [2.75, 3.05) is 29.9 Å². The second-order valence-electron chi connectivity index (χ2n) is 8.36. The van der Waals surface area contributed by atoms with Gasteiger partial charge in [-0.1, -0.05) is 72.7 Å². The van der Waals surface area contributed by atoms with E-state index < -0.39 is 6.09 Å². The van der Waals surface area contributed by atoms with Crippen LogP contribution in [0.25, 0.3) is 0 Å². The molecule has 0 aromatic heterocycles. The number of nitrogens with zero attached hydrogens (tertiary/aromatic N) is 1. The number of anilines is 2. The largest absolute Gasteiger partial charge is 0.436 e. The Morgan fingerprint density at radius 1 is 0.938 bits per heavy atom. The summed E-state index contributed by atoms with van der Waals surface area (Å²) in [5, 5.41) is 2.97. The van der Waals surface area contributed by atoms with Gasteiger partial charge >= 0.3 is 6.09 Å². The highest BCUT2D eigenvalue weighted by Crippen LogP contribution is 2.50. The Balaban J connectivity index is 1.64.